The van der Waals surface area contributed by atoms with Gasteiger partial charge in [0.05, 0.1) is 12.8 Å². The van der Waals surface area contributed by atoms with E-state index in [1.165, 1.54) is 84.0 Å². The lowest BCUT2D eigenvalue weighted by Gasteiger charge is -2.17. The Kier molecular flexibility index (Phi) is 19.3. The van der Waals surface area contributed by atoms with Crippen molar-refractivity contribution in [1.29, 1.82) is 0 Å². The Morgan fingerprint density at radius 2 is 1.28 bits per heavy atom. The second kappa shape index (κ2) is 19.5. The fraction of sp³-hybridized carbons (Fsp3) is 0.955. The van der Waals surface area contributed by atoms with Crippen LogP contribution < -0.4 is 0 Å². The van der Waals surface area contributed by atoms with Crippen molar-refractivity contribution in [2.24, 2.45) is 0 Å². The molecule has 0 aromatic rings. The van der Waals surface area contributed by atoms with Crippen LogP contribution in [-0.2, 0) is 18.8 Å². The number of hydrogen-bond acceptors (Lipinski definition) is 4. The molecule has 0 aliphatic carbocycles. The fourth-order valence-electron chi connectivity index (χ4n) is 3.34. The van der Waals surface area contributed by atoms with Crippen molar-refractivity contribution in [1.82, 2.24) is 0 Å². The van der Waals surface area contributed by atoms with E-state index in [-0.39, 0.29) is 19.2 Å². The molecule has 0 fully saturated rings. The lowest BCUT2D eigenvalue weighted by molar-refractivity contribution is -0.149. The molecule has 0 aliphatic heterocycles. The van der Waals surface area contributed by atoms with Crippen molar-refractivity contribution in [3.63, 3.8) is 0 Å². The Morgan fingerprint density at radius 3 is 1.69 bits per heavy atom. The minimum Gasteiger partial charge on any atom is -0.460 e. The van der Waals surface area contributed by atoms with Gasteiger partial charge in [0.25, 0.3) is 0 Å². The number of rotatable bonds is 21. The lowest BCUT2D eigenvalue weighted by atomic mass is 10.0. The van der Waals surface area contributed by atoms with E-state index in [0.717, 1.165) is 12.8 Å². The van der Waals surface area contributed by atoms with E-state index in [1.54, 1.807) is 0 Å². The Bertz CT molecular complexity index is 424. The van der Waals surface area contributed by atoms with Crippen molar-refractivity contribution in [3.05, 3.63) is 0 Å². The maximum Gasteiger partial charge on any atom is 0.325 e. The van der Waals surface area contributed by atoms with Gasteiger partial charge in [0.15, 0.2) is 0 Å². The van der Waals surface area contributed by atoms with Gasteiger partial charge in [-0.1, -0.05) is 90.4 Å². The summed E-state index contributed by atoms with van der Waals surface area (Å²) in [6.45, 7) is 4.33. The molecule has 1 unspecified atom stereocenters. The van der Waals surface area contributed by atoms with E-state index in [0.29, 0.717) is 6.61 Å². The molecule has 0 radical (unpaired) electrons. The summed E-state index contributed by atoms with van der Waals surface area (Å²) in [6.07, 6.45) is 17.5. The Labute approximate surface area is 178 Å². The fourth-order valence-corrected chi connectivity index (χ4v) is 3.96. The summed E-state index contributed by atoms with van der Waals surface area (Å²) in [7, 11) is -4.09. The standard InChI is InChI=1S/C22H45O6P/c1-3-4-5-6-7-8-9-10-11-12-13-14-15-16-18-27-20-22(28-21(2)23)17-19-29(24,25)26/h22H,3-20H2,1-2H3,(H2,24,25,26). The average Bonchev–Trinajstić information content (AvgIpc) is 2.64. The molecule has 1 atom stereocenters. The summed E-state index contributed by atoms with van der Waals surface area (Å²) in [6, 6.07) is 0. The molecule has 0 heterocycles. The molecule has 0 amide bonds. The largest absolute Gasteiger partial charge is 0.460 e. The van der Waals surface area contributed by atoms with Gasteiger partial charge in [-0.2, -0.15) is 0 Å². The summed E-state index contributed by atoms with van der Waals surface area (Å²) in [5, 5.41) is 0. The summed E-state index contributed by atoms with van der Waals surface area (Å²) in [5.74, 6) is -0.458. The second-order valence-electron chi connectivity index (χ2n) is 8.08. The van der Waals surface area contributed by atoms with Gasteiger partial charge in [0.2, 0.25) is 0 Å². The van der Waals surface area contributed by atoms with Crippen LogP contribution in [0.15, 0.2) is 0 Å². The second-order valence-corrected chi connectivity index (χ2v) is 9.86. The minimum absolute atomic E-state index is 0.114. The predicted octanol–water partition coefficient (Wildman–Crippen LogP) is 5.98. The monoisotopic (exact) mass is 436 g/mol. The smallest absolute Gasteiger partial charge is 0.325 e. The third-order valence-electron chi connectivity index (χ3n) is 5.02. The van der Waals surface area contributed by atoms with Crippen LogP contribution in [0.1, 0.15) is 110 Å². The van der Waals surface area contributed by atoms with Gasteiger partial charge in [-0.25, -0.2) is 0 Å². The summed E-state index contributed by atoms with van der Waals surface area (Å²) < 4.78 is 21.6. The molecule has 7 heteroatoms. The molecular formula is C22H45O6P. The zero-order chi connectivity index (χ0) is 21.8. The van der Waals surface area contributed by atoms with Gasteiger partial charge in [-0.05, 0) is 12.8 Å². The van der Waals surface area contributed by atoms with Crippen LogP contribution in [0.5, 0.6) is 0 Å². The molecule has 0 bridgehead atoms. The van der Waals surface area contributed by atoms with Gasteiger partial charge in [0.1, 0.15) is 6.10 Å². The molecule has 0 saturated carbocycles. The first-order valence-electron chi connectivity index (χ1n) is 11.6. The van der Waals surface area contributed by atoms with Gasteiger partial charge >= 0.3 is 13.6 Å². The first-order chi connectivity index (χ1) is 13.8. The van der Waals surface area contributed by atoms with Gasteiger partial charge in [0, 0.05) is 13.5 Å². The highest BCUT2D eigenvalue weighted by Gasteiger charge is 2.19. The number of esters is 1. The molecule has 0 rings (SSSR count). The highest BCUT2D eigenvalue weighted by atomic mass is 31.2. The zero-order valence-corrected chi connectivity index (χ0v) is 19.7. The maximum absolute atomic E-state index is 11.1. The number of hydrogen-bond donors (Lipinski definition) is 2. The van der Waals surface area contributed by atoms with Crippen molar-refractivity contribution >= 4 is 13.6 Å². The van der Waals surface area contributed by atoms with E-state index in [9.17, 15) is 9.36 Å². The zero-order valence-electron chi connectivity index (χ0n) is 18.8. The van der Waals surface area contributed by atoms with E-state index < -0.39 is 19.7 Å². The highest BCUT2D eigenvalue weighted by Crippen LogP contribution is 2.35. The van der Waals surface area contributed by atoms with Crippen LogP contribution in [0.3, 0.4) is 0 Å². The number of carbonyl (C=O) groups is 1. The third kappa shape index (κ3) is 23.7. The predicted molar refractivity (Wildman–Crippen MR) is 118 cm³/mol. The third-order valence-corrected chi connectivity index (χ3v) is 5.86. The first-order valence-corrected chi connectivity index (χ1v) is 13.4. The molecule has 2 N–H and O–H groups in total. The summed E-state index contributed by atoms with van der Waals surface area (Å²) in [4.78, 5) is 29.0. The van der Waals surface area contributed by atoms with Crippen LogP contribution in [-0.4, -0.2) is 41.2 Å². The molecule has 0 saturated heterocycles. The normalized spacial score (nSPS) is 12.8. The quantitative estimate of drug-likeness (QED) is 0.131. The maximum atomic E-state index is 11.1. The van der Waals surface area contributed by atoms with E-state index in [1.807, 2.05) is 0 Å². The van der Waals surface area contributed by atoms with Crippen molar-refractivity contribution in [2.45, 2.75) is 116 Å². The van der Waals surface area contributed by atoms with Crippen LogP contribution in [0.4, 0.5) is 0 Å². The Morgan fingerprint density at radius 1 is 0.828 bits per heavy atom. The summed E-state index contributed by atoms with van der Waals surface area (Å²) in [5.41, 5.74) is 0. The van der Waals surface area contributed by atoms with Crippen LogP contribution >= 0.6 is 7.60 Å². The van der Waals surface area contributed by atoms with Crippen molar-refractivity contribution in [2.75, 3.05) is 19.4 Å². The van der Waals surface area contributed by atoms with Crippen molar-refractivity contribution in [3.8, 4) is 0 Å². The number of carbonyl (C=O) groups excluding carboxylic acids is 1. The van der Waals surface area contributed by atoms with Gasteiger partial charge < -0.3 is 19.3 Å². The number of unbranched alkanes of at least 4 members (excludes halogenated alkanes) is 13. The van der Waals surface area contributed by atoms with Crippen molar-refractivity contribution < 1.29 is 28.6 Å². The SMILES string of the molecule is CCCCCCCCCCCCCCCCOCC(CCP(=O)(O)O)OC(C)=O. The molecule has 0 spiro atoms. The van der Waals surface area contributed by atoms with E-state index >= 15 is 0 Å². The molecule has 0 aliphatic rings. The molecule has 174 valence electrons. The van der Waals surface area contributed by atoms with Crippen LogP contribution in [0.25, 0.3) is 0 Å². The molecular weight excluding hydrogens is 391 g/mol. The lowest BCUT2D eigenvalue weighted by Crippen LogP contribution is -2.24. The first kappa shape index (κ1) is 28.6. The Hall–Kier alpha value is -0.420. The Balaban J connectivity index is 3.45. The van der Waals surface area contributed by atoms with E-state index in [2.05, 4.69) is 6.92 Å². The molecule has 6 nitrogen and oxygen atoms in total. The average molecular weight is 437 g/mol. The van der Waals surface area contributed by atoms with Crippen LogP contribution in [0.2, 0.25) is 0 Å². The topological polar surface area (TPSA) is 93.1 Å². The molecule has 0 aromatic carbocycles. The van der Waals surface area contributed by atoms with E-state index in [4.69, 9.17) is 19.3 Å². The minimum atomic E-state index is -4.09. The highest BCUT2D eigenvalue weighted by molar-refractivity contribution is 7.51. The summed E-state index contributed by atoms with van der Waals surface area (Å²) >= 11 is 0. The molecule has 29 heavy (non-hydrogen) atoms. The molecule has 0 aromatic heterocycles. The number of ether oxygens (including phenoxy) is 2. The van der Waals surface area contributed by atoms with Gasteiger partial charge in [-0.15, -0.1) is 0 Å². The van der Waals surface area contributed by atoms with Gasteiger partial charge in [-0.3, -0.25) is 9.36 Å². The van der Waals surface area contributed by atoms with Crippen LogP contribution in [0, 0.1) is 0 Å².